The fourth-order valence-corrected chi connectivity index (χ4v) is 6.45. The van der Waals surface area contributed by atoms with Gasteiger partial charge in [-0.2, -0.15) is 0 Å². The molecule has 0 aliphatic carbocycles. The quantitative estimate of drug-likeness (QED) is 0.0359. The van der Waals surface area contributed by atoms with Gasteiger partial charge in [-0.1, -0.05) is 201 Å². The van der Waals surface area contributed by atoms with Gasteiger partial charge in [0, 0.05) is 19.3 Å². The van der Waals surface area contributed by atoms with Crippen LogP contribution in [0.15, 0.2) is 0 Å². The van der Waals surface area contributed by atoms with E-state index in [0.29, 0.717) is 19.3 Å². The van der Waals surface area contributed by atoms with Crippen LogP contribution < -0.4 is 0 Å². The third-order valence-electron chi connectivity index (χ3n) is 9.79. The van der Waals surface area contributed by atoms with Crippen molar-refractivity contribution in [2.45, 2.75) is 246 Å². The SMILES string of the molecule is CCCCCCCCCCCCCCC(=O)O[C@H](COC(=O)CCCCCCCCCCCC)COC(=O)CCCCCCCCCC(C)C. The van der Waals surface area contributed by atoms with Crippen molar-refractivity contribution in [1.82, 2.24) is 0 Å². The zero-order valence-corrected chi connectivity index (χ0v) is 33.9. The molecule has 0 heterocycles. The Morgan fingerprint density at radius 1 is 0.380 bits per heavy atom. The van der Waals surface area contributed by atoms with Gasteiger partial charge in [0.05, 0.1) is 0 Å². The molecule has 6 heteroatoms. The largest absolute Gasteiger partial charge is 0.462 e. The molecule has 50 heavy (non-hydrogen) atoms. The van der Waals surface area contributed by atoms with Crippen molar-refractivity contribution in [1.29, 1.82) is 0 Å². The standard InChI is InChI=1S/C44H84O6/c1-5-7-9-11-13-15-17-18-20-24-29-33-37-44(47)50-41(38-48-42(45)35-31-27-23-19-16-14-12-10-8-6-2)39-49-43(46)36-32-28-25-21-22-26-30-34-40(3)4/h40-41H,5-39H2,1-4H3/t41-/m1/s1. The summed E-state index contributed by atoms with van der Waals surface area (Å²) in [7, 11) is 0. The number of hydrogen-bond acceptors (Lipinski definition) is 6. The lowest BCUT2D eigenvalue weighted by Crippen LogP contribution is -2.30. The van der Waals surface area contributed by atoms with Gasteiger partial charge in [0.2, 0.25) is 0 Å². The Hall–Kier alpha value is -1.59. The first kappa shape index (κ1) is 48.4. The maximum atomic E-state index is 12.7. The molecule has 296 valence electrons. The van der Waals surface area contributed by atoms with E-state index in [9.17, 15) is 14.4 Å². The summed E-state index contributed by atoms with van der Waals surface area (Å²) in [4.78, 5) is 37.6. The molecule has 1 atom stereocenters. The van der Waals surface area contributed by atoms with Crippen LogP contribution in [0.3, 0.4) is 0 Å². The van der Waals surface area contributed by atoms with Gasteiger partial charge in [0.15, 0.2) is 6.10 Å². The lowest BCUT2D eigenvalue weighted by atomic mass is 10.0. The molecule has 0 N–H and O–H groups in total. The Bertz CT molecular complexity index is 751. The van der Waals surface area contributed by atoms with Crippen molar-refractivity contribution >= 4 is 17.9 Å². The molecule has 0 amide bonds. The van der Waals surface area contributed by atoms with Gasteiger partial charge in [-0.25, -0.2) is 0 Å². The monoisotopic (exact) mass is 709 g/mol. The van der Waals surface area contributed by atoms with Crippen molar-refractivity contribution in [3.05, 3.63) is 0 Å². The van der Waals surface area contributed by atoms with Crippen LogP contribution in [0, 0.1) is 5.92 Å². The third kappa shape index (κ3) is 37.7. The van der Waals surface area contributed by atoms with Gasteiger partial charge in [-0.15, -0.1) is 0 Å². The summed E-state index contributed by atoms with van der Waals surface area (Å²) in [5.74, 6) is -0.0789. The molecule has 0 fully saturated rings. The van der Waals surface area contributed by atoms with E-state index in [4.69, 9.17) is 14.2 Å². The highest BCUT2D eigenvalue weighted by Crippen LogP contribution is 2.16. The van der Waals surface area contributed by atoms with Gasteiger partial charge < -0.3 is 14.2 Å². The van der Waals surface area contributed by atoms with Crippen LogP contribution in [0.1, 0.15) is 240 Å². The molecule has 0 spiro atoms. The topological polar surface area (TPSA) is 78.9 Å². The highest BCUT2D eigenvalue weighted by molar-refractivity contribution is 5.71. The van der Waals surface area contributed by atoms with Gasteiger partial charge in [-0.05, 0) is 25.2 Å². The number of unbranched alkanes of at least 4 members (excludes halogenated alkanes) is 26. The zero-order valence-electron chi connectivity index (χ0n) is 33.9. The van der Waals surface area contributed by atoms with Gasteiger partial charge in [-0.3, -0.25) is 14.4 Å². The van der Waals surface area contributed by atoms with Crippen LogP contribution in [0.4, 0.5) is 0 Å². The summed E-state index contributed by atoms with van der Waals surface area (Å²) >= 11 is 0. The van der Waals surface area contributed by atoms with Crippen LogP contribution in [0.2, 0.25) is 0 Å². The third-order valence-corrected chi connectivity index (χ3v) is 9.79. The van der Waals surface area contributed by atoms with Crippen molar-refractivity contribution in [2.75, 3.05) is 13.2 Å². The Morgan fingerprint density at radius 2 is 0.660 bits per heavy atom. The fourth-order valence-electron chi connectivity index (χ4n) is 6.45. The number of carbonyl (C=O) groups is 3. The van der Waals surface area contributed by atoms with E-state index in [2.05, 4.69) is 27.7 Å². The average molecular weight is 709 g/mol. The highest BCUT2D eigenvalue weighted by Gasteiger charge is 2.19. The van der Waals surface area contributed by atoms with Crippen LogP contribution in [-0.2, 0) is 28.6 Å². The predicted molar refractivity (Wildman–Crippen MR) is 210 cm³/mol. The number of rotatable bonds is 39. The minimum Gasteiger partial charge on any atom is -0.462 e. The molecule has 0 aromatic heterocycles. The Morgan fingerprint density at radius 3 is 0.980 bits per heavy atom. The smallest absolute Gasteiger partial charge is 0.306 e. The summed E-state index contributed by atoms with van der Waals surface area (Å²) < 4.78 is 16.7. The van der Waals surface area contributed by atoms with Gasteiger partial charge >= 0.3 is 17.9 Å². The predicted octanol–water partition coefficient (Wildman–Crippen LogP) is 13.6. The molecule has 6 nitrogen and oxygen atoms in total. The second-order valence-corrected chi connectivity index (χ2v) is 15.5. The van der Waals surface area contributed by atoms with E-state index in [-0.39, 0.29) is 31.1 Å². The summed E-state index contributed by atoms with van der Waals surface area (Å²) in [5.41, 5.74) is 0. The molecule has 0 unspecified atom stereocenters. The number of hydrogen-bond donors (Lipinski definition) is 0. The lowest BCUT2D eigenvalue weighted by Gasteiger charge is -2.18. The molecular weight excluding hydrogens is 624 g/mol. The van der Waals surface area contributed by atoms with Gasteiger partial charge in [0.1, 0.15) is 13.2 Å². The molecule has 0 aromatic carbocycles. The highest BCUT2D eigenvalue weighted by atomic mass is 16.6. The van der Waals surface area contributed by atoms with E-state index in [0.717, 1.165) is 63.7 Å². The molecule has 0 aromatic rings. The van der Waals surface area contributed by atoms with Crippen molar-refractivity contribution in [3.8, 4) is 0 Å². The fraction of sp³-hybridized carbons (Fsp3) is 0.932. The maximum absolute atomic E-state index is 12.7. The van der Waals surface area contributed by atoms with Crippen LogP contribution in [0.25, 0.3) is 0 Å². The van der Waals surface area contributed by atoms with Crippen molar-refractivity contribution < 1.29 is 28.6 Å². The number of carbonyl (C=O) groups excluding carboxylic acids is 3. The first-order chi connectivity index (χ1) is 24.4. The van der Waals surface area contributed by atoms with E-state index in [1.54, 1.807) is 0 Å². The van der Waals surface area contributed by atoms with E-state index in [1.807, 2.05) is 0 Å². The molecule has 0 rings (SSSR count). The molecule has 0 saturated heterocycles. The molecule has 0 aliphatic rings. The summed E-state index contributed by atoms with van der Waals surface area (Å²) in [5, 5.41) is 0. The molecule has 0 radical (unpaired) electrons. The minimum atomic E-state index is -0.758. The molecule has 0 aliphatic heterocycles. The second-order valence-electron chi connectivity index (χ2n) is 15.5. The second kappa shape index (κ2) is 38.6. The Balaban J connectivity index is 4.34. The molecular formula is C44H84O6. The zero-order chi connectivity index (χ0) is 36.8. The van der Waals surface area contributed by atoms with Crippen LogP contribution in [-0.4, -0.2) is 37.2 Å². The molecule has 0 bridgehead atoms. The van der Waals surface area contributed by atoms with Crippen molar-refractivity contribution in [2.24, 2.45) is 5.92 Å². The van der Waals surface area contributed by atoms with Gasteiger partial charge in [0.25, 0.3) is 0 Å². The van der Waals surface area contributed by atoms with E-state index in [1.165, 1.54) is 135 Å². The Labute approximate surface area is 310 Å². The average Bonchev–Trinajstić information content (AvgIpc) is 3.09. The van der Waals surface area contributed by atoms with Crippen molar-refractivity contribution in [3.63, 3.8) is 0 Å². The Kier molecular flexibility index (Phi) is 37.4. The normalized spacial score (nSPS) is 11.9. The molecule has 0 saturated carbocycles. The van der Waals surface area contributed by atoms with Crippen LogP contribution >= 0.6 is 0 Å². The lowest BCUT2D eigenvalue weighted by molar-refractivity contribution is -0.167. The summed E-state index contributed by atoms with van der Waals surface area (Å²) in [6, 6.07) is 0. The summed E-state index contributed by atoms with van der Waals surface area (Å²) in [6.07, 6.45) is 36.6. The van der Waals surface area contributed by atoms with E-state index >= 15 is 0 Å². The first-order valence-corrected chi connectivity index (χ1v) is 21.9. The number of esters is 3. The van der Waals surface area contributed by atoms with E-state index < -0.39 is 6.10 Å². The van der Waals surface area contributed by atoms with Crippen LogP contribution in [0.5, 0.6) is 0 Å². The maximum Gasteiger partial charge on any atom is 0.306 e. The first-order valence-electron chi connectivity index (χ1n) is 21.9. The summed E-state index contributed by atoms with van der Waals surface area (Å²) in [6.45, 7) is 8.92. The number of ether oxygens (including phenoxy) is 3. The minimum absolute atomic E-state index is 0.0646.